The summed E-state index contributed by atoms with van der Waals surface area (Å²) in [4.78, 5) is 16.6. The highest BCUT2D eigenvalue weighted by molar-refractivity contribution is 7.99. The number of ether oxygens (including phenoxy) is 1. The van der Waals surface area contributed by atoms with Crippen LogP contribution in [0.2, 0.25) is 0 Å². The Morgan fingerprint density at radius 3 is 2.42 bits per heavy atom. The Kier molecular flexibility index (Phi) is 6.82. The molecule has 1 fully saturated rings. The zero-order chi connectivity index (χ0) is 21.5. The van der Waals surface area contributed by atoms with E-state index in [-0.39, 0.29) is 18.2 Å². The average Bonchev–Trinajstić information content (AvgIpc) is 3.26. The van der Waals surface area contributed by atoms with Crippen LogP contribution in [0.5, 0.6) is 0 Å². The van der Waals surface area contributed by atoms with Crippen LogP contribution in [0.1, 0.15) is 0 Å². The van der Waals surface area contributed by atoms with Gasteiger partial charge in [-0.25, -0.2) is 0 Å². The summed E-state index contributed by atoms with van der Waals surface area (Å²) in [6.07, 6.45) is 0. The minimum atomic E-state index is -0.159. The molecule has 1 aromatic heterocycles. The molecule has 9 heteroatoms. The Morgan fingerprint density at radius 2 is 1.74 bits per heavy atom. The van der Waals surface area contributed by atoms with Gasteiger partial charge in [-0.15, -0.1) is 10.2 Å². The molecule has 0 bridgehead atoms. The van der Waals surface area contributed by atoms with Crippen LogP contribution in [-0.2, 0) is 9.53 Å². The van der Waals surface area contributed by atoms with Crippen molar-refractivity contribution in [3.05, 3.63) is 60.7 Å². The highest BCUT2D eigenvalue weighted by Gasteiger charge is 2.23. The van der Waals surface area contributed by atoms with Crippen molar-refractivity contribution < 1.29 is 9.53 Å². The fraction of sp³-hybridized carbons (Fsp3) is 0.273. The number of hydrogen-bond donors (Lipinski definition) is 0. The lowest BCUT2D eigenvalue weighted by molar-refractivity contribution is -0.116. The quantitative estimate of drug-likeness (QED) is 0.417. The van der Waals surface area contributed by atoms with Crippen LogP contribution < -0.4 is 9.80 Å². The second-order valence-corrected chi connectivity index (χ2v) is 7.76. The number of benzene rings is 2. The molecule has 0 radical (unpaired) electrons. The summed E-state index contributed by atoms with van der Waals surface area (Å²) in [5.74, 6) is 0.722. The van der Waals surface area contributed by atoms with Gasteiger partial charge in [-0.05, 0) is 24.3 Å². The normalized spacial score (nSPS) is 13.6. The zero-order valence-electron chi connectivity index (χ0n) is 16.9. The van der Waals surface area contributed by atoms with Gasteiger partial charge in [-0.2, -0.15) is 5.26 Å². The van der Waals surface area contributed by atoms with E-state index in [1.54, 1.807) is 0 Å². The molecule has 1 aliphatic rings. The largest absolute Gasteiger partial charge is 0.378 e. The minimum Gasteiger partial charge on any atom is -0.378 e. The first-order chi connectivity index (χ1) is 15.3. The van der Waals surface area contributed by atoms with E-state index in [2.05, 4.69) is 21.2 Å². The number of anilines is 2. The third-order valence-corrected chi connectivity index (χ3v) is 5.76. The van der Waals surface area contributed by atoms with Crippen LogP contribution >= 0.6 is 11.8 Å². The first-order valence-electron chi connectivity index (χ1n) is 9.96. The van der Waals surface area contributed by atoms with E-state index in [1.807, 2.05) is 65.2 Å². The van der Waals surface area contributed by atoms with Crippen molar-refractivity contribution in [2.45, 2.75) is 5.16 Å². The van der Waals surface area contributed by atoms with Crippen LogP contribution in [0.4, 0.5) is 11.6 Å². The number of rotatable bonds is 7. The Hall–Kier alpha value is -3.35. The molecule has 4 rings (SSSR count). The van der Waals surface area contributed by atoms with Gasteiger partial charge in [0.2, 0.25) is 11.9 Å². The van der Waals surface area contributed by atoms with E-state index in [1.165, 1.54) is 16.7 Å². The van der Waals surface area contributed by atoms with E-state index in [4.69, 9.17) is 4.74 Å². The highest BCUT2D eigenvalue weighted by Crippen LogP contribution is 2.27. The maximum atomic E-state index is 12.9. The summed E-state index contributed by atoms with van der Waals surface area (Å²) < 4.78 is 7.44. The maximum absolute atomic E-state index is 12.9. The number of para-hydroxylation sites is 2. The number of thioether (sulfide) groups is 1. The lowest BCUT2D eigenvalue weighted by Crippen LogP contribution is -2.38. The van der Waals surface area contributed by atoms with Crippen LogP contribution in [-0.4, -0.2) is 59.3 Å². The van der Waals surface area contributed by atoms with Crippen LogP contribution in [0.25, 0.3) is 5.69 Å². The van der Waals surface area contributed by atoms with Gasteiger partial charge in [0.1, 0.15) is 6.54 Å². The summed E-state index contributed by atoms with van der Waals surface area (Å²) in [6.45, 7) is 2.75. The molecular weight excluding hydrogens is 412 g/mol. The fourth-order valence-corrected chi connectivity index (χ4v) is 4.16. The average molecular weight is 435 g/mol. The molecule has 3 aromatic rings. The van der Waals surface area contributed by atoms with Crippen molar-refractivity contribution in [2.75, 3.05) is 48.4 Å². The molecule has 1 aliphatic heterocycles. The monoisotopic (exact) mass is 434 g/mol. The van der Waals surface area contributed by atoms with Crippen molar-refractivity contribution in [3.63, 3.8) is 0 Å². The number of carbonyl (C=O) groups is 1. The fourth-order valence-electron chi connectivity index (χ4n) is 3.33. The summed E-state index contributed by atoms with van der Waals surface area (Å²) in [5.41, 5.74) is 1.63. The predicted molar refractivity (Wildman–Crippen MR) is 120 cm³/mol. The summed E-state index contributed by atoms with van der Waals surface area (Å²) >= 11 is 1.31. The SMILES string of the molecule is N#CCN(C(=O)CSc1nnc(N2CCOCC2)n1-c1ccccc1)c1ccccc1. The Balaban J connectivity index is 1.57. The smallest absolute Gasteiger partial charge is 0.238 e. The number of hydrogen-bond acceptors (Lipinski definition) is 7. The lowest BCUT2D eigenvalue weighted by atomic mass is 10.3. The molecule has 31 heavy (non-hydrogen) atoms. The van der Waals surface area contributed by atoms with Gasteiger partial charge in [0, 0.05) is 18.8 Å². The number of aromatic nitrogens is 3. The maximum Gasteiger partial charge on any atom is 0.238 e. The van der Waals surface area contributed by atoms with E-state index >= 15 is 0 Å². The van der Waals surface area contributed by atoms with Crippen molar-refractivity contribution >= 4 is 29.3 Å². The number of nitrogens with zero attached hydrogens (tertiary/aromatic N) is 6. The van der Waals surface area contributed by atoms with Crippen molar-refractivity contribution in [1.29, 1.82) is 5.26 Å². The molecule has 0 spiro atoms. The molecule has 0 saturated carbocycles. The molecule has 0 unspecified atom stereocenters. The Morgan fingerprint density at radius 1 is 1.06 bits per heavy atom. The van der Waals surface area contributed by atoms with Gasteiger partial charge < -0.3 is 9.64 Å². The molecule has 2 aromatic carbocycles. The van der Waals surface area contributed by atoms with Gasteiger partial charge in [0.15, 0.2) is 5.16 Å². The second kappa shape index (κ2) is 10.1. The Bertz CT molecular complexity index is 1040. The zero-order valence-corrected chi connectivity index (χ0v) is 17.7. The number of amides is 1. The van der Waals surface area contributed by atoms with E-state index in [9.17, 15) is 10.1 Å². The predicted octanol–water partition coefficient (Wildman–Crippen LogP) is 2.75. The van der Waals surface area contributed by atoms with Crippen molar-refractivity contribution in [3.8, 4) is 11.8 Å². The number of carbonyl (C=O) groups excluding carboxylic acids is 1. The van der Waals surface area contributed by atoms with Crippen LogP contribution in [0.3, 0.4) is 0 Å². The summed E-state index contributed by atoms with van der Waals surface area (Å²) in [6, 6.07) is 21.2. The van der Waals surface area contributed by atoms with E-state index in [0.29, 0.717) is 24.1 Å². The molecule has 0 aliphatic carbocycles. The van der Waals surface area contributed by atoms with Crippen LogP contribution in [0, 0.1) is 11.3 Å². The van der Waals surface area contributed by atoms with Crippen molar-refractivity contribution in [2.24, 2.45) is 0 Å². The second-order valence-electron chi connectivity index (χ2n) is 6.82. The highest BCUT2D eigenvalue weighted by atomic mass is 32.2. The minimum absolute atomic E-state index is 0.00614. The third kappa shape index (κ3) is 4.87. The van der Waals surface area contributed by atoms with Crippen LogP contribution in [0.15, 0.2) is 65.8 Å². The topological polar surface area (TPSA) is 87.3 Å². The third-order valence-electron chi connectivity index (χ3n) is 4.85. The molecule has 1 saturated heterocycles. The van der Waals surface area contributed by atoms with Gasteiger partial charge in [0.05, 0.1) is 30.7 Å². The first-order valence-corrected chi connectivity index (χ1v) is 10.9. The summed E-state index contributed by atoms with van der Waals surface area (Å²) in [7, 11) is 0. The molecular formula is C22H22N6O2S. The van der Waals surface area contributed by atoms with Gasteiger partial charge >= 0.3 is 0 Å². The first kappa shape index (κ1) is 20.9. The van der Waals surface area contributed by atoms with Gasteiger partial charge in [-0.3, -0.25) is 14.3 Å². The molecule has 1 amide bonds. The van der Waals surface area contributed by atoms with Crippen molar-refractivity contribution in [1.82, 2.24) is 14.8 Å². The standard InChI is InChI=1S/C22H22N6O2S/c23-11-12-27(18-7-3-1-4-8-18)20(29)17-31-22-25-24-21(26-13-15-30-16-14-26)28(22)19-9-5-2-6-10-19/h1-10H,12-17H2. The molecule has 2 heterocycles. The van der Waals surface area contributed by atoms with E-state index in [0.717, 1.165) is 24.7 Å². The molecule has 158 valence electrons. The number of morpholine rings is 1. The molecule has 0 N–H and O–H groups in total. The molecule has 8 nitrogen and oxygen atoms in total. The van der Waals surface area contributed by atoms with E-state index < -0.39 is 0 Å². The van der Waals surface area contributed by atoms with Gasteiger partial charge in [0.25, 0.3) is 0 Å². The number of nitriles is 1. The molecule has 0 atom stereocenters. The lowest BCUT2D eigenvalue weighted by Gasteiger charge is -2.28. The van der Waals surface area contributed by atoms with Gasteiger partial charge in [-0.1, -0.05) is 48.2 Å². The summed E-state index contributed by atoms with van der Waals surface area (Å²) in [5, 5.41) is 18.6. The Labute approximate surface area is 185 Å².